The molecule has 1 aromatic carbocycles. The fraction of sp³-hybridized carbons (Fsp3) is 0.300. The van der Waals surface area contributed by atoms with Crippen LogP contribution in [0.15, 0.2) is 29.3 Å². The van der Waals surface area contributed by atoms with E-state index in [2.05, 4.69) is 4.99 Å². The zero-order valence-electron chi connectivity index (χ0n) is 8.33. The Labute approximate surface area is 101 Å². The van der Waals surface area contributed by atoms with Gasteiger partial charge in [0.15, 0.2) is 0 Å². The Balaban J connectivity index is 2.79. The number of hydrogen-bond acceptors (Lipinski definition) is 2. The summed E-state index contributed by atoms with van der Waals surface area (Å²) in [6.07, 6.45) is -4.33. The third-order valence-electron chi connectivity index (χ3n) is 1.62. The van der Waals surface area contributed by atoms with Crippen molar-refractivity contribution in [1.82, 2.24) is 0 Å². The molecule has 1 atom stereocenters. The number of thioether (sulfide) groups is 1. The fourth-order valence-corrected chi connectivity index (χ4v) is 1.43. The molecule has 1 nitrogen and oxygen atoms in total. The molecule has 0 aliphatic carbocycles. The minimum Gasteiger partial charge on any atom is -0.250 e. The first-order chi connectivity index (χ1) is 7.39. The summed E-state index contributed by atoms with van der Waals surface area (Å²) in [4.78, 5) is 3.87. The molecule has 6 heteroatoms. The van der Waals surface area contributed by atoms with Crippen molar-refractivity contribution in [1.29, 1.82) is 0 Å². The third-order valence-corrected chi connectivity index (χ3v) is 2.53. The molecule has 1 aromatic rings. The van der Waals surface area contributed by atoms with E-state index in [9.17, 15) is 13.2 Å². The predicted molar refractivity (Wildman–Crippen MR) is 62.5 cm³/mol. The van der Waals surface area contributed by atoms with Crippen LogP contribution in [-0.2, 0) is 6.18 Å². The van der Waals surface area contributed by atoms with Crippen molar-refractivity contribution in [3.8, 4) is 0 Å². The van der Waals surface area contributed by atoms with Crippen molar-refractivity contribution in [3.05, 3.63) is 29.8 Å². The largest absolute Gasteiger partial charge is 0.416 e. The second kappa shape index (κ2) is 5.59. The van der Waals surface area contributed by atoms with Gasteiger partial charge < -0.3 is 0 Å². The van der Waals surface area contributed by atoms with Crippen molar-refractivity contribution in [2.24, 2.45) is 4.99 Å². The van der Waals surface area contributed by atoms with Crippen molar-refractivity contribution in [2.75, 3.05) is 0 Å². The first kappa shape index (κ1) is 13.4. The number of benzene rings is 1. The van der Waals surface area contributed by atoms with Gasteiger partial charge in [-0.05, 0) is 25.1 Å². The molecule has 1 unspecified atom stereocenters. The normalized spacial score (nSPS) is 14.3. The summed E-state index contributed by atoms with van der Waals surface area (Å²) in [5.41, 5.74) is 0.998. The summed E-state index contributed by atoms with van der Waals surface area (Å²) < 4.78 is 36.9. The summed E-state index contributed by atoms with van der Waals surface area (Å²) in [5, 5.41) is 0. The molecule has 0 aromatic heterocycles. The highest BCUT2D eigenvalue weighted by Gasteiger charge is 2.30. The van der Waals surface area contributed by atoms with E-state index in [0.717, 1.165) is 12.1 Å². The summed E-state index contributed by atoms with van der Waals surface area (Å²) in [5.74, 6) is 0. The minimum atomic E-state index is -4.33. The van der Waals surface area contributed by atoms with Crippen LogP contribution >= 0.6 is 23.4 Å². The molecule has 0 aliphatic rings. The lowest BCUT2D eigenvalue weighted by Gasteiger charge is -2.06. The van der Waals surface area contributed by atoms with E-state index in [1.165, 1.54) is 29.4 Å². The Morgan fingerprint density at radius 2 is 2.12 bits per heavy atom. The monoisotopic (exact) mass is 267 g/mol. The van der Waals surface area contributed by atoms with Crippen molar-refractivity contribution in [3.63, 3.8) is 0 Å². The number of aliphatic imine (C=N–C) groups is 1. The van der Waals surface area contributed by atoms with E-state index in [1.54, 1.807) is 6.92 Å². The van der Waals surface area contributed by atoms with Crippen LogP contribution in [0, 0.1) is 0 Å². The molecule has 88 valence electrons. The Kier molecular flexibility index (Phi) is 4.68. The van der Waals surface area contributed by atoms with Crippen LogP contribution in [0.3, 0.4) is 0 Å². The third kappa shape index (κ3) is 4.45. The Morgan fingerprint density at radius 3 is 2.69 bits per heavy atom. The van der Waals surface area contributed by atoms with E-state index in [-0.39, 0.29) is 10.4 Å². The highest BCUT2D eigenvalue weighted by atomic mass is 35.5. The van der Waals surface area contributed by atoms with E-state index in [1.807, 2.05) is 0 Å². The molecule has 0 fully saturated rings. The summed E-state index contributed by atoms with van der Waals surface area (Å²) >= 11 is 6.87. The first-order valence-electron chi connectivity index (χ1n) is 4.39. The van der Waals surface area contributed by atoms with Gasteiger partial charge >= 0.3 is 6.18 Å². The average Bonchev–Trinajstić information content (AvgIpc) is 2.16. The molecule has 0 aliphatic heterocycles. The lowest BCUT2D eigenvalue weighted by atomic mass is 10.2. The topological polar surface area (TPSA) is 12.4 Å². The van der Waals surface area contributed by atoms with E-state index in [0.29, 0.717) is 0 Å². The number of halogens is 4. The van der Waals surface area contributed by atoms with E-state index < -0.39 is 11.7 Å². The predicted octanol–water partition coefficient (Wildman–Crippen LogP) is 4.68. The van der Waals surface area contributed by atoms with Crippen molar-refractivity contribution >= 4 is 34.6 Å². The molecular formula is C10H9ClF3NS. The van der Waals surface area contributed by atoms with Gasteiger partial charge in [0.25, 0.3) is 0 Å². The smallest absolute Gasteiger partial charge is 0.250 e. The summed E-state index contributed by atoms with van der Waals surface area (Å²) in [6, 6.07) is 4.84. The van der Waals surface area contributed by atoms with Gasteiger partial charge in [-0.25, -0.2) is 4.99 Å². The molecule has 1 rings (SSSR count). The van der Waals surface area contributed by atoms with Crippen LogP contribution in [0.25, 0.3) is 0 Å². The van der Waals surface area contributed by atoms with Gasteiger partial charge in [-0.3, -0.25) is 0 Å². The maximum absolute atomic E-state index is 12.3. The molecule has 0 bridgehead atoms. The molecule has 0 saturated carbocycles. The second-order valence-corrected chi connectivity index (χ2v) is 5.07. The first-order valence-corrected chi connectivity index (χ1v) is 5.77. The van der Waals surface area contributed by atoms with Crippen molar-refractivity contribution in [2.45, 2.75) is 17.8 Å². The average molecular weight is 268 g/mol. The van der Waals surface area contributed by atoms with E-state index >= 15 is 0 Å². The fourth-order valence-electron chi connectivity index (χ4n) is 0.938. The number of alkyl halides is 4. The van der Waals surface area contributed by atoms with Crippen LogP contribution < -0.4 is 0 Å². The van der Waals surface area contributed by atoms with Crippen LogP contribution in [0.1, 0.15) is 12.5 Å². The maximum Gasteiger partial charge on any atom is 0.416 e. The molecule has 16 heavy (non-hydrogen) atoms. The maximum atomic E-state index is 12.3. The van der Waals surface area contributed by atoms with Gasteiger partial charge in [-0.2, -0.15) is 13.2 Å². The molecule has 0 saturated heterocycles. The van der Waals surface area contributed by atoms with Gasteiger partial charge in [0.1, 0.15) is 0 Å². The van der Waals surface area contributed by atoms with Gasteiger partial charge in [0.05, 0.1) is 21.5 Å². The summed E-state index contributed by atoms with van der Waals surface area (Å²) in [7, 11) is 0. The lowest BCUT2D eigenvalue weighted by Crippen LogP contribution is -2.03. The minimum absolute atomic E-state index is 0.158. The SMILES string of the molecule is CC(Cl)SC=Nc1cccc(C(F)(F)F)c1. The molecular weight excluding hydrogens is 259 g/mol. The Hall–Kier alpha value is -0.680. The van der Waals surface area contributed by atoms with Crippen LogP contribution in [-0.4, -0.2) is 10.3 Å². The molecule has 0 N–H and O–H groups in total. The van der Waals surface area contributed by atoms with Gasteiger partial charge in [0, 0.05) is 0 Å². The Bertz CT molecular complexity index is 377. The van der Waals surface area contributed by atoms with Gasteiger partial charge in [-0.1, -0.05) is 17.8 Å². The zero-order chi connectivity index (χ0) is 12.2. The van der Waals surface area contributed by atoms with Crippen LogP contribution in [0.4, 0.5) is 18.9 Å². The Morgan fingerprint density at radius 1 is 1.44 bits per heavy atom. The standard InChI is InChI=1S/C10H9ClF3NS/c1-7(11)16-6-15-9-4-2-3-8(5-9)10(12,13)14/h2-7H,1H3. The van der Waals surface area contributed by atoms with Crippen LogP contribution in [0.5, 0.6) is 0 Å². The van der Waals surface area contributed by atoms with E-state index in [4.69, 9.17) is 11.6 Å². The molecule has 0 radical (unpaired) electrons. The number of rotatable bonds is 3. The summed E-state index contributed by atoms with van der Waals surface area (Å²) in [6.45, 7) is 1.75. The van der Waals surface area contributed by atoms with Crippen LogP contribution in [0.2, 0.25) is 0 Å². The number of nitrogens with zero attached hydrogens (tertiary/aromatic N) is 1. The highest BCUT2D eigenvalue weighted by molar-refractivity contribution is 8.13. The number of hydrogen-bond donors (Lipinski definition) is 0. The quantitative estimate of drug-likeness (QED) is 0.440. The zero-order valence-corrected chi connectivity index (χ0v) is 9.90. The van der Waals surface area contributed by atoms with Gasteiger partial charge in [0.2, 0.25) is 0 Å². The van der Waals surface area contributed by atoms with Crippen molar-refractivity contribution < 1.29 is 13.2 Å². The molecule has 0 heterocycles. The molecule has 0 amide bonds. The van der Waals surface area contributed by atoms with Gasteiger partial charge in [-0.15, -0.1) is 11.6 Å². The lowest BCUT2D eigenvalue weighted by molar-refractivity contribution is -0.137. The highest BCUT2D eigenvalue weighted by Crippen LogP contribution is 2.31. The second-order valence-electron chi connectivity index (χ2n) is 2.96. The molecule has 0 spiro atoms.